The summed E-state index contributed by atoms with van der Waals surface area (Å²) in [5.74, 6) is 0.851. The van der Waals surface area contributed by atoms with E-state index in [0.717, 1.165) is 25.4 Å². The van der Waals surface area contributed by atoms with E-state index >= 15 is 0 Å². The Balaban J connectivity index is 1.73. The number of rotatable bonds is 5. The van der Waals surface area contributed by atoms with Gasteiger partial charge in [-0.3, -0.25) is 0 Å². The van der Waals surface area contributed by atoms with Crippen molar-refractivity contribution in [3.8, 4) is 0 Å². The van der Waals surface area contributed by atoms with Gasteiger partial charge in [0, 0.05) is 24.1 Å². The van der Waals surface area contributed by atoms with Crippen molar-refractivity contribution in [2.75, 3.05) is 26.2 Å². The monoisotopic (exact) mass is 282 g/mol. The first kappa shape index (κ1) is 12.1. The van der Waals surface area contributed by atoms with Crippen LogP contribution in [0.2, 0.25) is 0 Å². The summed E-state index contributed by atoms with van der Waals surface area (Å²) < 4.78 is 1.18. The van der Waals surface area contributed by atoms with Crippen LogP contribution in [0.15, 0.2) is 22.7 Å². The molecular formula is C13H19BrN2. The highest BCUT2D eigenvalue weighted by molar-refractivity contribution is 9.10. The number of benzene rings is 1. The van der Waals surface area contributed by atoms with Crippen molar-refractivity contribution in [2.24, 2.45) is 5.92 Å². The predicted molar refractivity (Wildman–Crippen MR) is 71.8 cm³/mol. The number of hydrogen-bond acceptors (Lipinski definition) is 2. The summed E-state index contributed by atoms with van der Waals surface area (Å²) >= 11 is 3.52. The second kappa shape index (κ2) is 5.80. The quantitative estimate of drug-likeness (QED) is 0.809. The van der Waals surface area contributed by atoms with E-state index in [1.807, 2.05) is 0 Å². The minimum Gasteiger partial charge on any atom is -0.316 e. The minimum atomic E-state index is 0.851. The molecule has 1 fully saturated rings. The van der Waals surface area contributed by atoms with Crippen molar-refractivity contribution in [1.29, 1.82) is 0 Å². The lowest BCUT2D eigenvalue weighted by Gasteiger charge is -2.27. The van der Waals surface area contributed by atoms with Crippen LogP contribution in [0.1, 0.15) is 11.1 Å². The van der Waals surface area contributed by atoms with Crippen LogP contribution in [0.5, 0.6) is 0 Å². The second-order valence-electron chi connectivity index (χ2n) is 4.55. The van der Waals surface area contributed by atoms with Crippen LogP contribution in [0.25, 0.3) is 0 Å². The van der Waals surface area contributed by atoms with Gasteiger partial charge in [-0.15, -0.1) is 0 Å². The van der Waals surface area contributed by atoms with Crippen molar-refractivity contribution >= 4 is 15.9 Å². The van der Waals surface area contributed by atoms with E-state index in [4.69, 9.17) is 0 Å². The van der Waals surface area contributed by atoms with E-state index in [-0.39, 0.29) is 0 Å². The molecule has 0 bridgehead atoms. The molecule has 2 rings (SSSR count). The molecule has 0 saturated carbocycles. The van der Waals surface area contributed by atoms with Gasteiger partial charge in [0.25, 0.3) is 0 Å². The molecule has 0 atom stereocenters. The van der Waals surface area contributed by atoms with E-state index < -0.39 is 0 Å². The Morgan fingerprint density at radius 2 is 2.25 bits per heavy atom. The van der Waals surface area contributed by atoms with E-state index in [1.54, 1.807) is 0 Å². The van der Waals surface area contributed by atoms with E-state index in [9.17, 15) is 0 Å². The molecular weight excluding hydrogens is 264 g/mol. The lowest BCUT2D eigenvalue weighted by Crippen LogP contribution is -2.47. The largest absolute Gasteiger partial charge is 0.316 e. The molecule has 1 heterocycles. The fourth-order valence-electron chi connectivity index (χ4n) is 1.93. The van der Waals surface area contributed by atoms with E-state index in [0.29, 0.717) is 0 Å². The summed E-state index contributed by atoms with van der Waals surface area (Å²) in [6.45, 7) is 6.78. The van der Waals surface area contributed by atoms with Crippen LogP contribution in [0.4, 0.5) is 0 Å². The van der Waals surface area contributed by atoms with Gasteiger partial charge in [-0.05, 0) is 49.1 Å². The Kier molecular flexibility index (Phi) is 4.38. The number of nitrogens with one attached hydrogen (secondary N) is 2. The third-order valence-electron chi connectivity index (χ3n) is 3.18. The van der Waals surface area contributed by atoms with Crippen LogP contribution in [0.3, 0.4) is 0 Å². The summed E-state index contributed by atoms with van der Waals surface area (Å²) in [6.07, 6.45) is 1.12. The zero-order valence-corrected chi connectivity index (χ0v) is 11.3. The SMILES string of the molecule is Cc1ccc(Br)cc1CCNCC1CNC1. The van der Waals surface area contributed by atoms with E-state index in [1.165, 1.54) is 28.7 Å². The van der Waals surface area contributed by atoms with Crippen molar-refractivity contribution in [3.63, 3.8) is 0 Å². The lowest BCUT2D eigenvalue weighted by atomic mass is 10.0. The molecule has 2 nitrogen and oxygen atoms in total. The van der Waals surface area contributed by atoms with Gasteiger partial charge in [0.2, 0.25) is 0 Å². The highest BCUT2D eigenvalue weighted by Crippen LogP contribution is 2.16. The lowest BCUT2D eigenvalue weighted by molar-refractivity contribution is 0.333. The molecule has 1 aliphatic heterocycles. The van der Waals surface area contributed by atoms with Crippen molar-refractivity contribution in [3.05, 3.63) is 33.8 Å². The van der Waals surface area contributed by atoms with Crippen LogP contribution in [0, 0.1) is 12.8 Å². The highest BCUT2D eigenvalue weighted by Gasteiger charge is 2.15. The number of halogens is 1. The highest BCUT2D eigenvalue weighted by atomic mass is 79.9. The van der Waals surface area contributed by atoms with Crippen molar-refractivity contribution in [1.82, 2.24) is 10.6 Å². The van der Waals surface area contributed by atoms with Gasteiger partial charge in [-0.2, -0.15) is 0 Å². The minimum absolute atomic E-state index is 0.851. The average molecular weight is 283 g/mol. The van der Waals surface area contributed by atoms with Gasteiger partial charge in [-0.25, -0.2) is 0 Å². The zero-order chi connectivity index (χ0) is 11.4. The molecule has 1 aromatic carbocycles. The maximum Gasteiger partial charge on any atom is 0.0178 e. The van der Waals surface area contributed by atoms with Crippen LogP contribution < -0.4 is 10.6 Å². The molecule has 0 aromatic heterocycles. The molecule has 16 heavy (non-hydrogen) atoms. The predicted octanol–water partition coefficient (Wildman–Crippen LogP) is 2.11. The topological polar surface area (TPSA) is 24.1 Å². The number of aryl methyl sites for hydroxylation is 1. The summed E-state index contributed by atoms with van der Waals surface area (Å²) in [7, 11) is 0. The summed E-state index contributed by atoms with van der Waals surface area (Å²) in [6, 6.07) is 6.50. The van der Waals surface area contributed by atoms with Crippen LogP contribution >= 0.6 is 15.9 Å². The maximum absolute atomic E-state index is 3.53. The molecule has 2 N–H and O–H groups in total. The third kappa shape index (κ3) is 3.30. The molecule has 3 heteroatoms. The standard InChI is InChI=1S/C13H19BrN2/c1-10-2-3-13(14)6-12(10)4-5-15-7-11-8-16-9-11/h2-3,6,11,15-16H,4-5,7-9H2,1H3. The molecule has 0 unspecified atom stereocenters. The Morgan fingerprint density at radius 1 is 1.44 bits per heavy atom. The smallest absolute Gasteiger partial charge is 0.0178 e. The first-order valence-electron chi connectivity index (χ1n) is 5.92. The Morgan fingerprint density at radius 3 is 2.94 bits per heavy atom. The van der Waals surface area contributed by atoms with Crippen LogP contribution in [-0.4, -0.2) is 26.2 Å². The van der Waals surface area contributed by atoms with Gasteiger partial charge < -0.3 is 10.6 Å². The zero-order valence-electron chi connectivity index (χ0n) is 9.72. The molecule has 1 aromatic rings. The Bertz CT molecular complexity index is 348. The average Bonchev–Trinajstić information content (AvgIpc) is 2.20. The van der Waals surface area contributed by atoms with Crippen LogP contribution in [-0.2, 0) is 6.42 Å². The fraction of sp³-hybridized carbons (Fsp3) is 0.538. The molecule has 1 aliphatic rings. The summed E-state index contributed by atoms with van der Waals surface area (Å²) in [5.41, 5.74) is 2.82. The first-order chi connectivity index (χ1) is 7.75. The molecule has 1 saturated heterocycles. The van der Waals surface area contributed by atoms with Gasteiger partial charge in [0.15, 0.2) is 0 Å². The third-order valence-corrected chi connectivity index (χ3v) is 3.67. The van der Waals surface area contributed by atoms with Gasteiger partial charge in [0.05, 0.1) is 0 Å². The molecule has 0 aliphatic carbocycles. The first-order valence-corrected chi connectivity index (χ1v) is 6.71. The van der Waals surface area contributed by atoms with Gasteiger partial charge in [-0.1, -0.05) is 22.0 Å². The summed E-state index contributed by atoms with van der Waals surface area (Å²) in [4.78, 5) is 0. The fourth-order valence-corrected chi connectivity index (χ4v) is 2.34. The van der Waals surface area contributed by atoms with Crippen molar-refractivity contribution in [2.45, 2.75) is 13.3 Å². The Labute approximate surface area is 106 Å². The molecule has 0 spiro atoms. The normalized spacial score (nSPS) is 16.1. The maximum atomic E-state index is 3.53. The second-order valence-corrected chi connectivity index (χ2v) is 5.46. The van der Waals surface area contributed by atoms with Gasteiger partial charge >= 0.3 is 0 Å². The van der Waals surface area contributed by atoms with E-state index in [2.05, 4.69) is 51.7 Å². The Hall–Kier alpha value is -0.380. The summed E-state index contributed by atoms with van der Waals surface area (Å²) in [5, 5.41) is 6.82. The molecule has 0 radical (unpaired) electrons. The number of hydrogen-bond donors (Lipinski definition) is 2. The van der Waals surface area contributed by atoms with Crippen molar-refractivity contribution < 1.29 is 0 Å². The molecule has 0 amide bonds. The molecule has 88 valence electrons. The van der Waals surface area contributed by atoms with Gasteiger partial charge in [0.1, 0.15) is 0 Å².